The molecule has 4 N–H and O–H groups in total. The van der Waals surface area contributed by atoms with E-state index in [0.29, 0.717) is 27.7 Å². The van der Waals surface area contributed by atoms with Gasteiger partial charge >= 0.3 is 0 Å². The molecule has 120 valence electrons. The summed E-state index contributed by atoms with van der Waals surface area (Å²) in [5.74, 6) is -0.606. The van der Waals surface area contributed by atoms with Crippen molar-refractivity contribution < 1.29 is 10.0 Å². The number of nitrogens with zero attached hydrogens (tertiary/aromatic N) is 1. The number of para-hydroxylation sites is 1. The van der Waals surface area contributed by atoms with Gasteiger partial charge in [0, 0.05) is 33.9 Å². The zero-order chi connectivity index (χ0) is 16.8. The Morgan fingerprint density at radius 1 is 1.22 bits per heavy atom. The second kappa shape index (κ2) is 7.85. The third-order valence-electron chi connectivity index (χ3n) is 3.28. The second-order valence-corrected chi connectivity index (χ2v) is 5.59. The average Bonchev–Trinajstić information content (AvgIpc) is 2.52. The van der Waals surface area contributed by atoms with Gasteiger partial charge in [-0.2, -0.15) is 0 Å². The summed E-state index contributed by atoms with van der Waals surface area (Å²) in [5, 5.41) is 15.3. The molecule has 2 aromatic rings. The minimum atomic E-state index is -0.886. The largest absolute Gasteiger partial charge is 0.411 e. The van der Waals surface area contributed by atoms with Crippen LogP contribution in [0.4, 0.5) is 5.69 Å². The number of benzene rings is 2. The van der Waals surface area contributed by atoms with Crippen LogP contribution in [0, 0.1) is 0 Å². The molecule has 1 unspecified atom stereocenters. The molecular weight excluding hydrogens is 337 g/mol. The lowest BCUT2D eigenvalue weighted by Crippen LogP contribution is -2.28. The topological polar surface area (TPSA) is 87.7 Å². The standard InChI is InChI=1S/C16H15Cl2N3O2/c17-11-5-3-6-12(18)14(11)15(16(19)22)21-13-7-2-1-4-10(13)8-9-20-23/h1-7,9,15,21,23H,8H2,(H2,19,22)/b20-9+. The Balaban J connectivity index is 2.40. The van der Waals surface area contributed by atoms with Crippen molar-refractivity contribution >= 4 is 41.0 Å². The molecule has 0 radical (unpaired) electrons. The zero-order valence-electron chi connectivity index (χ0n) is 12.0. The Kier molecular flexibility index (Phi) is 5.84. The van der Waals surface area contributed by atoms with E-state index in [9.17, 15) is 4.79 Å². The highest BCUT2D eigenvalue weighted by molar-refractivity contribution is 6.36. The first-order valence-corrected chi connectivity index (χ1v) is 7.53. The van der Waals surface area contributed by atoms with Gasteiger partial charge in [-0.1, -0.05) is 47.5 Å². The molecule has 0 saturated carbocycles. The highest BCUT2D eigenvalue weighted by Gasteiger charge is 2.23. The van der Waals surface area contributed by atoms with Gasteiger partial charge in [0.2, 0.25) is 5.91 Å². The molecule has 0 aliphatic heterocycles. The number of rotatable bonds is 6. The Bertz CT molecular complexity index is 715. The molecule has 0 heterocycles. The fourth-order valence-electron chi connectivity index (χ4n) is 2.21. The molecule has 0 fully saturated rings. The number of carbonyl (C=O) groups is 1. The molecule has 0 spiro atoms. The summed E-state index contributed by atoms with van der Waals surface area (Å²) >= 11 is 12.3. The van der Waals surface area contributed by atoms with Gasteiger partial charge < -0.3 is 16.3 Å². The zero-order valence-corrected chi connectivity index (χ0v) is 13.6. The van der Waals surface area contributed by atoms with Gasteiger partial charge in [0.25, 0.3) is 0 Å². The average molecular weight is 352 g/mol. The minimum Gasteiger partial charge on any atom is -0.411 e. The van der Waals surface area contributed by atoms with Crippen LogP contribution in [0.1, 0.15) is 17.2 Å². The summed E-state index contributed by atoms with van der Waals surface area (Å²) in [5.41, 5.74) is 7.45. The molecule has 1 amide bonds. The Hall–Kier alpha value is -2.24. The molecule has 7 heteroatoms. The van der Waals surface area contributed by atoms with Gasteiger partial charge in [-0.05, 0) is 23.8 Å². The van der Waals surface area contributed by atoms with Crippen molar-refractivity contribution in [3.05, 3.63) is 63.6 Å². The van der Waals surface area contributed by atoms with Crippen molar-refractivity contribution in [1.29, 1.82) is 0 Å². The number of halogens is 2. The van der Waals surface area contributed by atoms with Crippen molar-refractivity contribution in [2.24, 2.45) is 10.9 Å². The molecule has 0 bridgehead atoms. The van der Waals surface area contributed by atoms with Crippen molar-refractivity contribution in [2.45, 2.75) is 12.5 Å². The fourth-order valence-corrected chi connectivity index (χ4v) is 2.82. The van der Waals surface area contributed by atoms with E-state index >= 15 is 0 Å². The van der Waals surface area contributed by atoms with Gasteiger partial charge in [-0.15, -0.1) is 5.16 Å². The summed E-state index contributed by atoms with van der Waals surface area (Å²) in [6.07, 6.45) is 1.74. The maximum atomic E-state index is 11.9. The number of nitrogens with one attached hydrogen (secondary N) is 1. The fraction of sp³-hybridized carbons (Fsp3) is 0.125. The lowest BCUT2D eigenvalue weighted by atomic mass is 10.0. The number of primary amides is 1. The number of nitrogens with two attached hydrogens (primary N) is 1. The lowest BCUT2D eigenvalue weighted by Gasteiger charge is -2.21. The maximum absolute atomic E-state index is 11.9. The number of hydrogen-bond acceptors (Lipinski definition) is 4. The van der Waals surface area contributed by atoms with Crippen LogP contribution in [0.25, 0.3) is 0 Å². The Labute approximate surface area is 143 Å². The van der Waals surface area contributed by atoms with E-state index in [-0.39, 0.29) is 0 Å². The van der Waals surface area contributed by atoms with E-state index in [1.165, 1.54) is 6.21 Å². The predicted molar refractivity (Wildman–Crippen MR) is 92.4 cm³/mol. The molecule has 0 aliphatic carbocycles. The summed E-state index contributed by atoms with van der Waals surface area (Å²) in [4.78, 5) is 11.9. The van der Waals surface area contributed by atoms with Crippen molar-refractivity contribution in [3.63, 3.8) is 0 Å². The van der Waals surface area contributed by atoms with E-state index in [1.54, 1.807) is 24.3 Å². The smallest absolute Gasteiger partial charge is 0.244 e. The lowest BCUT2D eigenvalue weighted by molar-refractivity contribution is -0.118. The number of carbonyl (C=O) groups excluding carboxylic acids is 1. The Morgan fingerprint density at radius 3 is 2.48 bits per heavy atom. The molecule has 2 rings (SSSR count). The molecule has 5 nitrogen and oxygen atoms in total. The molecule has 0 aromatic heterocycles. The van der Waals surface area contributed by atoms with Crippen molar-refractivity contribution in [3.8, 4) is 0 Å². The summed E-state index contributed by atoms with van der Waals surface area (Å²) in [6, 6.07) is 11.4. The highest BCUT2D eigenvalue weighted by atomic mass is 35.5. The van der Waals surface area contributed by atoms with Crippen LogP contribution >= 0.6 is 23.2 Å². The van der Waals surface area contributed by atoms with Crippen LogP contribution in [0.15, 0.2) is 47.6 Å². The van der Waals surface area contributed by atoms with Crippen LogP contribution in [0.3, 0.4) is 0 Å². The third kappa shape index (κ3) is 4.15. The van der Waals surface area contributed by atoms with Crippen LogP contribution in [-0.4, -0.2) is 17.3 Å². The van der Waals surface area contributed by atoms with E-state index in [1.807, 2.05) is 18.2 Å². The Morgan fingerprint density at radius 2 is 1.87 bits per heavy atom. The van der Waals surface area contributed by atoms with E-state index < -0.39 is 11.9 Å². The second-order valence-electron chi connectivity index (χ2n) is 4.77. The number of anilines is 1. The van der Waals surface area contributed by atoms with Crippen molar-refractivity contribution in [1.82, 2.24) is 0 Å². The number of oxime groups is 1. The first-order chi connectivity index (χ1) is 11.0. The van der Waals surface area contributed by atoms with Gasteiger partial charge in [-0.25, -0.2) is 0 Å². The first kappa shape index (κ1) is 17.1. The van der Waals surface area contributed by atoms with Crippen LogP contribution in [0.5, 0.6) is 0 Å². The van der Waals surface area contributed by atoms with E-state index in [2.05, 4.69) is 10.5 Å². The van der Waals surface area contributed by atoms with Gasteiger partial charge in [0.05, 0.1) is 0 Å². The molecule has 1 atom stereocenters. The van der Waals surface area contributed by atoms with E-state index in [0.717, 1.165) is 5.56 Å². The summed E-state index contributed by atoms with van der Waals surface area (Å²) in [7, 11) is 0. The highest BCUT2D eigenvalue weighted by Crippen LogP contribution is 2.33. The molecule has 23 heavy (non-hydrogen) atoms. The summed E-state index contributed by atoms with van der Waals surface area (Å²) < 4.78 is 0. The number of hydrogen-bond donors (Lipinski definition) is 3. The molecule has 2 aromatic carbocycles. The monoisotopic (exact) mass is 351 g/mol. The molecule has 0 aliphatic rings. The van der Waals surface area contributed by atoms with Gasteiger partial charge in [0.1, 0.15) is 6.04 Å². The van der Waals surface area contributed by atoms with Crippen LogP contribution in [-0.2, 0) is 11.2 Å². The SMILES string of the molecule is NC(=O)C(Nc1ccccc1C/C=N/O)c1c(Cl)cccc1Cl. The summed E-state index contributed by atoms with van der Waals surface area (Å²) in [6.45, 7) is 0. The molecular formula is C16H15Cl2N3O2. The van der Waals surface area contributed by atoms with Crippen LogP contribution in [0.2, 0.25) is 10.0 Å². The molecule has 0 saturated heterocycles. The quantitative estimate of drug-likeness (QED) is 0.421. The number of amides is 1. The minimum absolute atomic E-state index is 0.350. The first-order valence-electron chi connectivity index (χ1n) is 6.78. The van der Waals surface area contributed by atoms with Crippen molar-refractivity contribution in [2.75, 3.05) is 5.32 Å². The normalized spacial score (nSPS) is 12.3. The van der Waals surface area contributed by atoms with Crippen LogP contribution < -0.4 is 11.1 Å². The third-order valence-corrected chi connectivity index (χ3v) is 3.94. The van der Waals surface area contributed by atoms with Gasteiger partial charge in [0.15, 0.2) is 0 Å². The maximum Gasteiger partial charge on any atom is 0.244 e. The van der Waals surface area contributed by atoms with Gasteiger partial charge in [-0.3, -0.25) is 4.79 Å². The van der Waals surface area contributed by atoms with E-state index in [4.69, 9.17) is 34.1 Å². The predicted octanol–water partition coefficient (Wildman–Crippen LogP) is 3.63.